The van der Waals surface area contributed by atoms with Crippen molar-refractivity contribution in [3.63, 3.8) is 0 Å². The topological polar surface area (TPSA) is 81.0 Å². The van der Waals surface area contributed by atoms with E-state index in [-0.39, 0.29) is 23.1 Å². The summed E-state index contributed by atoms with van der Waals surface area (Å²) in [6, 6.07) is 1.19. The average Bonchev–Trinajstić information content (AvgIpc) is 2.25. The van der Waals surface area contributed by atoms with E-state index in [4.69, 9.17) is 16.7 Å². The van der Waals surface area contributed by atoms with Gasteiger partial charge >= 0.3 is 5.97 Å². The molecule has 0 saturated carbocycles. The molecule has 0 radical (unpaired) electrons. The first-order chi connectivity index (χ1) is 7.99. The summed E-state index contributed by atoms with van der Waals surface area (Å²) >= 11 is 5.94. The highest BCUT2D eigenvalue weighted by Gasteiger charge is 2.24. The molecule has 1 aliphatic rings. The molecule has 0 saturated heterocycles. The number of carboxylic acids is 1. The van der Waals surface area contributed by atoms with E-state index in [9.17, 15) is 15.0 Å². The molecule has 3 N–H and O–H groups in total. The Bertz CT molecular complexity index is 475. The molecule has 1 aromatic carbocycles. The first-order valence-corrected chi connectivity index (χ1v) is 5.53. The predicted octanol–water partition coefficient (Wildman–Crippen LogP) is 1.19. The van der Waals surface area contributed by atoms with E-state index < -0.39 is 5.97 Å². The Hall–Kier alpha value is -1.46. The van der Waals surface area contributed by atoms with Crippen LogP contribution in [0.2, 0.25) is 5.02 Å². The monoisotopic (exact) mass is 257 g/mol. The Morgan fingerprint density at radius 1 is 1.35 bits per heavy atom. The van der Waals surface area contributed by atoms with Gasteiger partial charge in [0.05, 0.1) is 11.6 Å². The summed E-state index contributed by atoms with van der Waals surface area (Å²) in [5, 5.41) is 28.1. The third-order valence-corrected chi connectivity index (χ3v) is 3.28. The van der Waals surface area contributed by atoms with E-state index in [0.717, 1.165) is 0 Å². The molecule has 0 aliphatic carbocycles. The van der Waals surface area contributed by atoms with Crippen LogP contribution in [0, 0.1) is 0 Å². The fourth-order valence-corrected chi connectivity index (χ4v) is 2.32. The van der Waals surface area contributed by atoms with Gasteiger partial charge in [-0.1, -0.05) is 11.6 Å². The second-order valence-electron chi connectivity index (χ2n) is 4.04. The van der Waals surface area contributed by atoms with Gasteiger partial charge in [-0.3, -0.25) is 9.69 Å². The van der Waals surface area contributed by atoms with Crippen LogP contribution in [0.5, 0.6) is 11.5 Å². The van der Waals surface area contributed by atoms with Gasteiger partial charge in [0.25, 0.3) is 0 Å². The fraction of sp³-hybridized carbons (Fsp3) is 0.364. The molecule has 6 heteroatoms. The van der Waals surface area contributed by atoms with Crippen LogP contribution in [0.4, 0.5) is 0 Å². The number of carbonyl (C=O) groups is 1. The summed E-state index contributed by atoms with van der Waals surface area (Å²) in [4.78, 5) is 12.3. The van der Waals surface area contributed by atoms with Crippen molar-refractivity contribution in [1.82, 2.24) is 4.90 Å². The van der Waals surface area contributed by atoms with Gasteiger partial charge in [0.1, 0.15) is 11.5 Å². The molecule has 0 spiro atoms. The van der Waals surface area contributed by atoms with Gasteiger partial charge in [-0.2, -0.15) is 0 Å². The van der Waals surface area contributed by atoms with Crippen LogP contribution in [-0.2, 0) is 17.8 Å². The number of halogens is 1. The van der Waals surface area contributed by atoms with Crippen LogP contribution in [0.25, 0.3) is 0 Å². The van der Waals surface area contributed by atoms with Crippen molar-refractivity contribution in [2.75, 3.05) is 13.1 Å². The second-order valence-corrected chi connectivity index (χ2v) is 4.42. The fourth-order valence-electron chi connectivity index (χ4n) is 2.06. The molecule has 0 unspecified atom stereocenters. The van der Waals surface area contributed by atoms with Crippen molar-refractivity contribution in [2.45, 2.75) is 13.0 Å². The molecule has 0 aromatic heterocycles. The van der Waals surface area contributed by atoms with E-state index in [1.165, 1.54) is 6.07 Å². The summed E-state index contributed by atoms with van der Waals surface area (Å²) in [5.74, 6) is -1.09. The van der Waals surface area contributed by atoms with Crippen LogP contribution < -0.4 is 0 Å². The SMILES string of the molecule is O=C(O)CN1CCc2c(Cl)c(O)cc(O)c2C1. The van der Waals surface area contributed by atoms with Crippen LogP contribution in [-0.4, -0.2) is 39.3 Å². The first-order valence-electron chi connectivity index (χ1n) is 5.15. The molecule has 1 heterocycles. The van der Waals surface area contributed by atoms with Gasteiger partial charge in [0.15, 0.2) is 0 Å². The number of benzene rings is 1. The molecular weight excluding hydrogens is 246 g/mol. The largest absolute Gasteiger partial charge is 0.507 e. The zero-order chi connectivity index (χ0) is 12.6. The summed E-state index contributed by atoms with van der Waals surface area (Å²) in [6.45, 7) is 0.798. The third-order valence-electron chi connectivity index (χ3n) is 2.86. The van der Waals surface area contributed by atoms with Gasteiger partial charge in [0.2, 0.25) is 0 Å². The summed E-state index contributed by atoms with van der Waals surface area (Å²) in [7, 11) is 0. The lowest BCUT2D eigenvalue weighted by molar-refractivity contribution is -0.138. The average molecular weight is 258 g/mol. The Morgan fingerprint density at radius 3 is 2.71 bits per heavy atom. The summed E-state index contributed by atoms with van der Waals surface area (Å²) in [6.07, 6.45) is 0.517. The standard InChI is InChI=1S/C11H12ClNO4/c12-11-6-1-2-13(5-10(16)17)4-7(6)8(14)3-9(11)15/h3,14-15H,1-2,4-5H2,(H,16,17). The minimum Gasteiger partial charge on any atom is -0.507 e. The molecule has 0 bridgehead atoms. The Balaban J connectivity index is 2.32. The van der Waals surface area contributed by atoms with Crippen molar-refractivity contribution in [3.8, 4) is 11.5 Å². The van der Waals surface area contributed by atoms with Crippen molar-refractivity contribution in [3.05, 3.63) is 22.2 Å². The van der Waals surface area contributed by atoms with Crippen molar-refractivity contribution < 1.29 is 20.1 Å². The molecule has 0 amide bonds. The van der Waals surface area contributed by atoms with Gasteiger partial charge in [-0.25, -0.2) is 0 Å². The van der Waals surface area contributed by atoms with E-state index in [1.54, 1.807) is 4.90 Å². The number of fused-ring (bicyclic) bond motifs is 1. The van der Waals surface area contributed by atoms with Gasteiger partial charge < -0.3 is 15.3 Å². The van der Waals surface area contributed by atoms with E-state index in [1.807, 2.05) is 0 Å². The Morgan fingerprint density at radius 2 is 2.06 bits per heavy atom. The molecule has 0 fully saturated rings. The lowest BCUT2D eigenvalue weighted by Gasteiger charge is -2.28. The minimum absolute atomic E-state index is 0.0445. The molecule has 1 aromatic rings. The number of hydrogen-bond donors (Lipinski definition) is 3. The van der Waals surface area contributed by atoms with Crippen molar-refractivity contribution in [1.29, 1.82) is 0 Å². The number of nitrogens with zero attached hydrogens (tertiary/aromatic N) is 1. The normalized spacial score (nSPS) is 15.6. The lowest BCUT2D eigenvalue weighted by atomic mass is 9.98. The molecule has 2 rings (SSSR count). The number of hydrogen-bond acceptors (Lipinski definition) is 4. The predicted molar refractivity (Wildman–Crippen MR) is 61.4 cm³/mol. The number of aromatic hydroxyl groups is 2. The molecule has 5 nitrogen and oxygen atoms in total. The maximum atomic E-state index is 10.6. The smallest absolute Gasteiger partial charge is 0.317 e. The van der Waals surface area contributed by atoms with E-state index in [2.05, 4.69) is 0 Å². The second kappa shape index (κ2) is 4.43. The molecule has 17 heavy (non-hydrogen) atoms. The van der Waals surface area contributed by atoms with Crippen LogP contribution >= 0.6 is 11.6 Å². The summed E-state index contributed by atoms with van der Waals surface area (Å²) in [5.41, 5.74) is 1.30. The molecule has 1 aliphatic heterocycles. The summed E-state index contributed by atoms with van der Waals surface area (Å²) < 4.78 is 0. The molecule has 92 valence electrons. The van der Waals surface area contributed by atoms with Crippen LogP contribution in [0.15, 0.2) is 6.07 Å². The highest BCUT2D eigenvalue weighted by atomic mass is 35.5. The van der Waals surface area contributed by atoms with Gasteiger partial charge in [-0.05, 0) is 12.0 Å². The zero-order valence-corrected chi connectivity index (χ0v) is 9.74. The molecule has 0 atom stereocenters. The van der Waals surface area contributed by atoms with Crippen LogP contribution in [0.3, 0.4) is 0 Å². The zero-order valence-electron chi connectivity index (χ0n) is 8.98. The van der Waals surface area contributed by atoms with E-state index in [0.29, 0.717) is 30.6 Å². The number of carboxylic acid groups (broad SMARTS) is 1. The Labute approximate surface area is 103 Å². The first kappa shape index (κ1) is 12.0. The number of phenolic OH excluding ortho intramolecular Hbond substituents is 2. The maximum Gasteiger partial charge on any atom is 0.317 e. The quantitative estimate of drug-likeness (QED) is 0.742. The van der Waals surface area contributed by atoms with Crippen molar-refractivity contribution >= 4 is 17.6 Å². The van der Waals surface area contributed by atoms with E-state index >= 15 is 0 Å². The minimum atomic E-state index is -0.905. The van der Waals surface area contributed by atoms with Crippen LogP contribution in [0.1, 0.15) is 11.1 Å². The third kappa shape index (κ3) is 2.30. The van der Waals surface area contributed by atoms with Crippen molar-refractivity contribution in [2.24, 2.45) is 0 Å². The van der Waals surface area contributed by atoms with Gasteiger partial charge in [-0.15, -0.1) is 0 Å². The Kier molecular flexibility index (Phi) is 3.13. The highest BCUT2D eigenvalue weighted by Crippen LogP contribution is 2.38. The number of rotatable bonds is 2. The maximum absolute atomic E-state index is 10.6. The van der Waals surface area contributed by atoms with Gasteiger partial charge in [0, 0.05) is 24.7 Å². The number of phenols is 2. The highest BCUT2D eigenvalue weighted by molar-refractivity contribution is 6.33. The molecular formula is C11H12ClNO4. The number of aliphatic carboxylic acids is 1. The lowest BCUT2D eigenvalue weighted by Crippen LogP contribution is -2.34.